The molecule has 4 heterocycles. The van der Waals surface area contributed by atoms with Crippen LogP contribution in [0.4, 0.5) is 5.82 Å². The number of nitrogens with zero attached hydrogens (tertiary/aromatic N) is 7. The number of piperidine rings is 2. The lowest BCUT2D eigenvalue weighted by Crippen LogP contribution is -2.59. The monoisotopic (exact) mass is 510 g/mol. The molecule has 0 radical (unpaired) electrons. The van der Waals surface area contributed by atoms with Crippen molar-refractivity contribution in [3.05, 3.63) is 35.7 Å². The van der Waals surface area contributed by atoms with Gasteiger partial charge in [0.2, 0.25) is 5.91 Å². The van der Waals surface area contributed by atoms with Crippen LogP contribution in [-0.4, -0.2) is 62.8 Å². The maximum Gasteiger partial charge on any atom is 0.236 e. The molecule has 1 spiro atoms. The van der Waals surface area contributed by atoms with E-state index in [1.165, 1.54) is 11.8 Å². The van der Waals surface area contributed by atoms with E-state index in [1.807, 2.05) is 37.6 Å². The summed E-state index contributed by atoms with van der Waals surface area (Å²) in [6.45, 7) is 2.90. The molecule has 2 fully saturated rings. The van der Waals surface area contributed by atoms with E-state index in [-0.39, 0.29) is 23.8 Å². The highest BCUT2D eigenvalue weighted by molar-refractivity contribution is 7.99. The summed E-state index contributed by atoms with van der Waals surface area (Å²) in [6.07, 6.45) is 8.23. The van der Waals surface area contributed by atoms with Gasteiger partial charge in [-0.3, -0.25) is 9.48 Å². The summed E-state index contributed by atoms with van der Waals surface area (Å²) in [6, 6.07) is 5.79. The highest BCUT2D eigenvalue weighted by atomic mass is 35.5. The quantitative estimate of drug-likeness (QED) is 0.568. The normalized spacial score (nSPS) is 19.8. The van der Waals surface area contributed by atoms with E-state index in [0.29, 0.717) is 18.1 Å². The summed E-state index contributed by atoms with van der Waals surface area (Å²) in [7, 11) is 1.88. The molecule has 0 saturated carbocycles. The summed E-state index contributed by atoms with van der Waals surface area (Å²) in [5.41, 5.74) is 7.45. The molecule has 1 amide bonds. The van der Waals surface area contributed by atoms with E-state index < -0.39 is 0 Å². The topological polar surface area (TPSA) is 117 Å². The largest absolute Gasteiger partial charge is 0.355 e. The van der Waals surface area contributed by atoms with Crippen LogP contribution in [0, 0.1) is 16.7 Å². The molecule has 1 atom stereocenters. The van der Waals surface area contributed by atoms with Crippen LogP contribution < -0.4 is 10.6 Å². The lowest BCUT2D eigenvalue weighted by molar-refractivity contribution is -0.133. The van der Waals surface area contributed by atoms with E-state index in [2.05, 4.69) is 20.0 Å². The number of rotatable bonds is 4. The van der Waals surface area contributed by atoms with Crippen molar-refractivity contribution in [3.63, 3.8) is 0 Å². The van der Waals surface area contributed by atoms with Crippen LogP contribution >= 0.6 is 23.4 Å². The van der Waals surface area contributed by atoms with E-state index >= 15 is 0 Å². The standard InChI is InChI=1S/C24H27ClN8OS/c1-31-14-16-17(30-31)2-3-18(23(16)25)35-21-13-28-20(12-29-21)32-9-5-24(6-10-32)7-11-33(15-19(24)27)22(34)4-8-26/h2-3,12-14,19H,4-7,9-11,15,27H2,1H3. The third kappa shape index (κ3) is 4.68. The van der Waals surface area contributed by atoms with Crippen LogP contribution in [0.5, 0.6) is 0 Å². The van der Waals surface area contributed by atoms with Crippen LogP contribution in [-0.2, 0) is 11.8 Å². The van der Waals surface area contributed by atoms with E-state index in [4.69, 9.17) is 22.6 Å². The number of anilines is 1. The molecule has 2 N–H and O–H groups in total. The minimum absolute atomic E-state index is 0.0326. The number of hydrogen-bond donors (Lipinski definition) is 1. The van der Waals surface area contributed by atoms with Crippen molar-refractivity contribution in [2.24, 2.45) is 18.2 Å². The van der Waals surface area contributed by atoms with Crippen molar-refractivity contribution in [2.75, 3.05) is 31.1 Å². The lowest BCUT2D eigenvalue weighted by atomic mass is 9.68. The number of aryl methyl sites for hydroxylation is 1. The molecule has 1 aromatic carbocycles. The number of benzene rings is 1. The highest BCUT2D eigenvalue weighted by Gasteiger charge is 2.44. The Morgan fingerprint density at radius 1 is 1.26 bits per heavy atom. The lowest BCUT2D eigenvalue weighted by Gasteiger charge is -2.50. The summed E-state index contributed by atoms with van der Waals surface area (Å²) in [5.74, 6) is 0.735. The second-order valence-corrected chi connectivity index (χ2v) is 10.7. The second kappa shape index (κ2) is 9.64. The number of amides is 1. The maximum absolute atomic E-state index is 12.1. The number of nitrogens with two attached hydrogens (primary N) is 1. The minimum Gasteiger partial charge on any atom is -0.355 e. The van der Waals surface area contributed by atoms with Crippen molar-refractivity contribution < 1.29 is 4.79 Å². The molecule has 2 aromatic heterocycles. The van der Waals surface area contributed by atoms with Gasteiger partial charge in [0.25, 0.3) is 0 Å². The van der Waals surface area contributed by atoms with Crippen molar-refractivity contribution in [2.45, 2.75) is 41.6 Å². The minimum atomic E-state index is -0.120. The van der Waals surface area contributed by atoms with Gasteiger partial charge in [0.1, 0.15) is 17.3 Å². The zero-order valence-corrected chi connectivity index (χ0v) is 21.1. The average Bonchev–Trinajstić information content (AvgIpc) is 3.25. The molecule has 35 heavy (non-hydrogen) atoms. The smallest absolute Gasteiger partial charge is 0.236 e. The van der Waals surface area contributed by atoms with Gasteiger partial charge in [-0.1, -0.05) is 23.4 Å². The number of aromatic nitrogens is 4. The molecule has 5 rings (SSSR count). The Balaban J connectivity index is 1.20. The van der Waals surface area contributed by atoms with E-state index in [0.717, 1.165) is 59.0 Å². The van der Waals surface area contributed by atoms with Crippen molar-refractivity contribution in [3.8, 4) is 6.07 Å². The van der Waals surface area contributed by atoms with Crippen LogP contribution in [0.15, 0.2) is 40.6 Å². The van der Waals surface area contributed by atoms with E-state index in [9.17, 15) is 4.79 Å². The number of hydrogen-bond acceptors (Lipinski definition) is 8. The van der Waals surface area contributed by atoms with Crippen LogP contribution in [0.2, 0.25) is 5.02 Å². The first kappa shape index (κ1) is 23.9. The van der Waals surface area contributed by atoms with E-state index in [1.54, 1.807) is 15.8 Å². The Morgan fingerprint density at radius 3 is 2.71 bits per heavy atom. The number of likely N-dealkylation sites (tertiary alicyclic amines) is 1. The van der Waals surface area contributed by atoms with Crippen LogP contribution in [0.3, 0.4) is 0 Å². The van der Waals surface area contributed by atoms with Gasteiger partial charge >= 0.3 is 0 Å². The molecule has 0 aliphatic carbocycles. The zero-order chi connectivity index (χ0) is 24.6. The Morgan fingerprint density at radius 2 is 2.03 bits per heavy atom. The molecule has 2 aliphatic rings. The fourth-order valence-corrected chi connectivity index (χ4v) is 6.24. The Kier molecular flexibility index (Phi) is 6.57. The number of carbonyl (C=O) groups is 1. The van der Waals surface area contributed by atoms with Gasteiger partial charge in [-0.2, -0.15) is 10.4 Å². The third-order valence-electron chi connectivity index (χ3n) is 7.28. The Bertz CT molecular complexity index is 1280. The number of nitriles is 1. The van der Waals surface area contributed by atoms with Gasteiger partial charge in [-0.05, 0) is 36.8 Å². The predicted octanol–water partition coefficient (Wildman–Crippen LogP) is 3.23. The molecular weight excluding hydrogens is 484 g/mol. The molecule has 11 heteroatoms. The van der Waals surface area contributed by atoms with Crippen molar-refractivity contribution in [1.82, 2.24) is 24.6 Å². The first-order chi connectivity index (χ1) is 16.9. The fraction of sp³-hybridized carbons (Fsp3) is 0.458. The number of halogens is 1. The molecule has 9 nitrogen and oxygen atoms in total. The van der Waals surface area contributed by atoms with Crippen molar-refractivity contribution >= 4 is 46.0 Å². The molecular formula is C24H27ClN8OS. The Labute approximate surface area is 213 Å². The summed E-state index contributed by atoms with van der Waals surface area (Å²) < 4.78 is 1.76. The zero-order valence-electron chi connectivity index (χ0n) is 19.5. The van der Waals surface area contributed by atoms with Gasteiger partial charge in [-0.15, -0.1) is 0 Å². The fourth-order valence-electron chi connectivity index (χ4n) is 5.15. The summed E-state index contributed by atoms with van der Waals surface area (Å²) >= 11 is 8.09. The highest BCUT2D eigenvalue weighted by Crippen LogP contribution is 2.42. The molecule has 0 bridgehead atoms. The third-order valence-corrected chi connectivity index (χ3v) is 8.78. The number of carbonyl (C=O) groups excluding carboxylic acids is 1. The van der Waals surface area contributed by atoms with Crippen LogP contribution in [0.25, 0.3) is 10.9 Å². The van der Waals surface area contributed by atoms with Gasteiger partial charge in [0.05, 0.1) is 29.0 Å². The molecule has 2 saturated heterocycles. The first-order valence-electron chi connectivity index (χ1n) is 11.7. The summed E-state index contributed by atoms with van der Waals surface area (Å²) in [4.78, 5) is 26.3. The van der Waals surface area contributed by atoms with Crippen LogP contribution in [0.1, 0.15) is 25.7 Å². The SMILES string of the molecule is Cn1cc2c(Cl)c(Sc3cnc(N4CCC5(CCN(C(=O)CC#N)CC5N)CC4)cn3)ccc2n1. The number of fused-ring (bicyclic) bond motifs is 1. The first-order valence-corrected chi connectivity index (χ1v) is 12.8. The van der Waals surface area contributed by atoms with Gasteiger partial charge in [0.15, 0.2) is 0 Å². The van der Waals surface area contributed by atoms with Gasteiger partial charge in [0, 0.05) is 55.7 Å². The van der Waals surface area contributed by atoms with Crippen molar-refractivity contribution in [1.29, 1.82) is 5.26 Å². The Hall–Kier alpha value is -2.87. The second-order valence-electron chi connectivity index (χ2n) is 9.31. The molecule has 182 valence electrons. The predicted molar refractivity (Wildman–Crippen MR) is 135 cm³/mol. The molecule has 3 aromatic rings. The molecule has 1 unspecified atom stereocenters. The summed E-state index contributed by atoms with van der Waals surface area (Å²) in [5, 5.41) is 15.6. The molecule has 2 aliphatic heterocycles. The maximum atomic E-state index is 12.1. The van der Waals surface area contributed by atoms with Gasteiger partial charge < -0.3 is 15.5 Å². The van der Waals surface area contributed by atoms with Gasteiger partial charge in [-0.25, -0.2) is 9.97 Å². The average molecular weight is 511 g/mol.